The van der Waals surface area contributed by atoms with Crippen LogP contribution in [0.15, 0.2) is 24.3 Å². The van der Waals surface area contributed by atoms with Crippen molar-refractivity contribution in [3.05, 3.63) is 35.4 Å². The number of hydrogen-bond donors (Lipinski definition) is 1. The molecule has 1 aromatic carbocycles. The van der Waals surface area contributed by atoms with Gasteiger partial charge in [-0.05, 0) is 30.0 Å². The molecule has 0 aliphatic heterocycles. The average Bonchev–Trinajstić information content (AvgIpc) is 2.34. The van der Waals surface area contributed by atoms with Crippen molar-refractivity contribution in [2.24, 2.45) is 0 Å². The molecule has 1 unspecified atom stereocenters. The Hall–Kier alpha value is -1.35. The lowest BCUT2D eigenvalue weighted by Crippen LogP contribution is -2.43. The fourth-order valence-corrected chi connectivity index (χ4v) is 2.00. The van der Waals surface area contributed by atoms with Crippen molar-refractivity contribution in [2.75, 3.05) is 21.1 Å². The van der Waals surface area contributed by atoms with Crippen molar-refractivity contribution in [2.45, 2.75) is 38.6 Å². The molecule has 0 radical (unpaired) electrons. The first-order chi connectivity index (χ1) is 8.75. The Morgan fingerprint density at radius 2 is 1.74 bits per heavy atom. The molecule has 1 aromatic rings. The molecular weight excluding hydrogens is 236 g/mol. The van der Waals surface area contributed by atoms with Gasteiger partial charge in [-0.15, -0.1) is 0 Å². The van der Waals surface area contributed by atoms with Crippen molar-refractivity contribution < 1.29 is 4.79 Å². The Kier molecular flexibility index (Phi) is 5.12. The van der Waals surface area contributed by atoms with E-state index < -0.39 is 0 Å². The SMILES string of the molecule is CNC(Cc1ccc(C(C)(C)C)cc1)C(=O)N(C)C. The Bertz CT molecular complexity index is 415. The van der Waals surface area contributed by atoms with Gasteiger partial charge in [-0.2, -0.15) is 0 Å². The highest BCUT2D eigenvalue weighted by Crippen LogP contribution is 2.22. The average molecular weight is 262 g/mol. The van der Waals surface area contributed by atoms with Crippen LogP contribution in [0.3, 0.4) is 0 Å². The molecular formula is C16H26N2O. The predicted octanol–water partition coefficient (Wildman–Crippen LogP) is 2.20. The molecule has 106 valence electrons. The second-order valence-corrected chi connectivity index (χ2v) is 6.22. The van der Waals surface area contributed by atoms with Gasteiger partial charge in [-0.1, -0.05) is 45.0 Å². The van der Waals surface area contributed by atoms with E-state index in [1.54, 1.807) is 19.0 Å². The van der Waals surface area contributed by atoms with Gasteiger partial charge in [0.05, 0.1) is 6.04 Å². The Morgan fingerprint density at radius 3 is 2.11 bits per heavy atom. The van der Waals surface area contributed by atoms with Gasteiger partial charge in [-0.25, -0.2) is 0 Å². The first-order valence-electron chi connectivity index (χ1n) is 6.73. The second-order valence-electron chi connectivity index (χ2n) is 6.22. The van der Waals surface area contributed by atoms with Crippen molar-refractivity contribution in [1.82, 2.24) is 10.2 Å². The fraction of sp³-hybridized carbons (Fsp3) is 0.562. The van der Waals surface area contributed by atoms with E-state index in [2.05, 4.69) is 50.4 Å². The van der Waals surface area contributed by atoms with E-state index in [4.69, 9.17) is 0 Å². The lowest BCUT2D eigenvalue weighted by molar-refractivity contribution is -0.130. The quantitative estimate of drug-likeness (QED) is 0.902. The van der Waals surface area contributed by atoms with Crippen LogP contribution in [0, 0.1) is 0 Å². The van der Waals surface area contributed by atoms with Gasteiger partial charge < -0.3 is 10.2 Å². The minimum absolute atomic E-state index is 0.113. The van der Waals surface area contributed by atoms with E-state index >= 15 is 0 Å². The van der Waals surface area contributed by atoms with Gasteiger partial charge in [0.1, 0.15) is 0 Å². The maximum atomic E-state index is 12.0. The molecule has 0 heterocycles. The minimum Gasteiger partial charge on any atom is -0.347 e. The summed E-state index contributed by atoms with van der Waals surface area (Å²) in [6.07, 6.45) is 0.720. The summed E-state index contributed by atoms with van der Waals surface area (Å²) in [5, 5.41) is 3.09. The van der Waals surface area contributed by atoms with Gasteiger partial charge in [0.2, 0.25) is 5.91 Å². The van der Waals surface area contributed by atoms with Crippen LogP contribution in [0.4, 0.5) is 0 Å². The highest BCUT2D eigenvalue weighted by Gasteiger charge is 2.19. The van der Waals surface area contributed by atoms with Crippen LogP contribution in [0.2, 0.25) is 0 Å². The zero-order chi connectivity index (χ0) is 14.6. The summed E-state index contributed by atoms with van der Waals surface area (Å²) in [5.74, 6) is 0.113. The van der Waals surface area contributed by atoms with Crippen LogP contribution in [0.25, 0.3) is 0 Å². The predicted molar refractivity (Wildman–Crippen MR) is 80.4 cm³/mol. The Morgan fingerprint density at radius 1 is 1.21 bits per heavy atom. The number of rotatable bonds is 4. The largest absolute Gasteiger partial charge is 0.347 e. The van der Waals surface area contributed by atoms with Crippen LogP contribution in [-0.2, 0) is 16.6 Å². The van der Waals surface area contributed by atoms with Crippen molar-refractivity contribution in [1.29, 1.82) is 0 Å². The first-order valence-corrected chi connectivity index (χ1v) is 6.73. The van der Waals surface area contributed by atoms with Gasteiger partial charge in [0.15, 0.2) is 0 Å². The smallest absolute Gasteiger partial charge is 0.239 e. The van der Waals surface area contributed by atoms with E-state index in [9.17, 15) is 4.79 Å². The summed E-state index contributed by atoms with van der Waals surface area (Å²) in [5.41, 5.74) is 2.67. The molecule has 1 N–H and O–H groups in total. The van der Waals surface area contributed by atoms with Crippen LogP contribution in [0.5, 0.6) is 0 Å². The first kappa shape index (κ1) is 15.7. The second kappa shape index (κ2) is 6.20. The standard InChI is InChI=1S/C16H26N2O/c1-16(2,3)13-9-7-12(8-10-13)11-14(17-4)15(19)18(5)6/h7-10,14,17H,11H2,1-6H3. The monoisotopic (exact) mass is 262 g/mol. The van der Waals surface area contributed by atoms with Crippen LogP contribution in [0.1, 0.15) is 31.9 Å². The molecule has 3 heteroatoms. The maximum Gasteiger partial charge on any atom is 0.239 e. The molecule has 0 aliphatic carbocycles. The van der Waals surface area contributed by atoms with Crippen LogP contribution < -0.4 is 5.32 Å². The highest BCUT2D eigenvalue weighted by molar-refractivity contribution is 5.81. The number of likely N-dealkylation sites (N-methyl/N-ethyl adjacent to an activating group) is 2. The van der Waals surface area contributed by atoms with Gasteiger partial charge in [0.25, 0.3) is 0 Å². The highest BCUT2D eigenvalue weighted by atomic mass is 16.2. The van der Waals surface area contributed by atoms with Crippen molar-refractivity contribution in [3.63, 3.8) is 0 Å². The third-order valence-corrected chi connectivity index (χ3v) is 3.35. The summed E-state index contributed by atoms with van der Waals surface area (Å²) < 4.78 is 0. The Balaban J connectivity index is 2.79. The molecule has 0 spiro atoms. The number of nitrogens with one attached hydrogen (secondary N) is 1. The summed E-state index contributed by atoms with van der Waals surface area (Å²) >= 11 is 0. The summed E-state index contributed by atoms with van der Waals surface area (Å²) in [6.45, 7) is 6.61. The number of nitrogens with zero attached hydrogens (tertiary/aromatic N) is 1. The number of carbonyl (C=O) groups is 1. The molecule has 1 rings (SSSR count). The third kappa shape index (κ3) is 4.35. The third-order valence-electron chi connectivity index (χ3n) is 3.35. The molecule has 1 amide bonds. The molecule has 19 heavy (non-hydrogen) atoms. The number of benzene rings is 1. The van der Waals surface area contributed by atoms with E-state index in [0.717, 1.165) is 6.42 Å². The van der Waals surface area contributed by atoms with Gasteiger partial charge in [-0.3, -0.25) is 4.79 Å². The molecule has 1 atom stereocenters. The van der Waals surface area contributed by atoms with E-state index in [1.807, 2.05) is 7.05 Å². The summed E-state index contributed by atoms with van der Waals surface area (Å²) in [6, 6.07) is 8.39. The van der Waals surface area contributed by atoms with Gasteiger partial charge in [0, 0.05) is 14.1 Å². The minimum atomic E-state index is -0.157. The van der Waals surface area contributed by atoms with E-state index in [0.29, 0.717) is 0 Å². The topological polar surface area (TPSA) is 32.3 Å². The molecule has 0 saturated heterocycles. The van der Waals surface area contributed by atoms with E-state index in [-0.39, 0.29) is 17.4 Å². The van der Waals surface area contributed by atoms with Crippen molar-refractivity contribution >= 4 is 5.91 Å². The fourth-order valence-electron chi connectivity index (χ4n) is 2.00. The number of hydrogen-bond acceptors (Lipinski definition) is 2. The molecule has 0 saturated carbocycles. The lowest BCUT2D eigenvalue weighted by atomic mass is 9.86. The molecule has 0 aromatic heterocycles. The molecule has 3 nitrogen and oxygen atoms in total. The zero-order valence-corrected chi connectivity index (χ0v) is 12.9. The normalized spacial score (nSPS) is 13.2. The zero-order valence-electron chi connectivity index (χ0n) is 12.9. The number of carbonyl (C=O) groups excluding carboxylic acids is 1. The van der Waals surface area contributed by atoms with Crippen LogP contribution in [-0.4, -0.2) is 38.0 Å². The lowest BCUT2D eigenvalue weighted by Gasteiger charge is -2.21. The maximum absolute atomic E-state index is 12.0. The summed E-state index contributed by atoms with van der Waals surface area (Å²) in [7, 11) is 5.40. The molecule has 0 fully saturated rings. The molecule has 0 aliphatic rings. The van der Waals surface area contributed by atoms with Crippen molar-refractivity contribution in [3.8, 4) is 0 Å². The van der Waals surface area contributed by atoms with E-state index in [1.165, 1.54) is 11.1 Å². The Labute approximate surface area is 117 Å². The summed E-state index contributed by atoms with van der Waals surface area (Å²) in [4.78, 5) is 13.6. The van der Waals surface area contributed by atoms with Gasteiger partial charge >= 0.3 is 0 Å². The van der Waals surface area contributed by atoms with Crippen LogP contribution >= 0.6 is 0 Å². The number of amides is 1. The molecule has 0 bridgehead atoms.